The molecule has 2 fully saturated rings. The van der Waals surface area contributed by atoms with Gasteiger partial charge in [-0.05, 0) is 12.8 Å². The van der Waals surface area contributed by atoms with Crippen LogP contribution in [0.5, 0.6) is 0 Å². The van der Waals surface area contributed by atoms with Crippen molar-refractivity contribution in [2.75, 3.05) is 43.1 Å². The average Bonchev–Trinajstić information content (AvgIpc) is 3.25. The molecule has 0 saturated carbocycles. The van der Waals surface area contributed by atoms with Gasteiger partial charge >= 0.3 is 12.4 Å². The number of likely N-dealkylation sites (tertiary alicyclic amines) is 1. The van der Waals surface area contributed by atoms with E-state index in [9.17, 15) is 41.0 Å². The number of aliphatic hydroxyl groups is 1. The number of halogens is 6. The van der Waals surface area contributed by atoms with E-state index in [0.29, 0.717) is 38.9 Å². The summed E-state index contributed by atoms with van der Waals surface area (Å²) in [7, 11) is 0. The first kappa shape index (κ1) is 28.5. The van der Waals surface area contributed by atoms with Crippen molar-refractivity contribution in [1.82, 2.24) is 25.1 Å². The van der Waals surface area contributed by atoms with E-state index in [4.69, 9.17) is 4.74 Å². The third-order valence-corrected chi connectivity index (χ3v) is 6.56. The fourth-order valence-electron chi connectivity index (χ4n) is 4.58. The number of carbonyl (C=O) groups is 1. The van der Waals surface area contributed by atoms with Gasteiger partial charge in [-0.15, -0.1) is 0 Å². The molecule has 4 heterocycles. The predicted molar refractivity (Wildman–Crippen MR) is 123 cm³/mol. The summed E-state index contributed by atoms with van der Waals surface area (Å²) < 4.78 is 83.6. The SMILES string of the molecule is O=C1[C@H](OCC(CO)Nc2cn[nH]c(=O)c2C(F)(F)F)CCN1C1CCN(c2ncc(C(F)(F)F)cn2)CC1. The minimum atomic E-state index is -4.96. The summed E-state index contributed by atoms with van der Waals surface area (Å²) in [5, 5.41) is 17.1. The lowest BCUT2D eigenvalue weighted by molar-refractivity contribution is -0.140. The zero-order valence-electron chi connectivity index (χ0n) is 20.3. The van der Waals surface area contributed by atoms with E-state index in [1.807, 2.05) is 0 Å². The Kier molecular flexibility index (Phi) is 8.29. The van der Waals surface area contributed by atoms with Crippen molar-refractivity contribution in [2.45, 2.75) is 49.8 Å². The Balaban J connectivity index is 1.29. The molecule has 4 rings (SSSR count). The molecule has 0 spiro atoms. The first-order chi connectivity index (χ1) is 18.4. The summed E-state index contributed by atoms with van der Waals surface area (Å²) >= 11 is 0. The van der Waals surface area contributed by atoms with Crippen molar-refractivity contribution in [3.63, 3.8) is 0 Å². The average molecular weight is 565 g/mol. The second kappa shape index (κ2) is 11.3. The molecule has 1 amide bonds. The molecule has 2 aromatic heterocycles. The summed E-state index contributed by atoms with van der Waals surface area (Å²) in [6.45, 7) is 0.285. The van der Waals surface area contributed by atoms with Gasteiger partial charge in [-0.25, -0.2) is 15.1 Å². The van der Waals surface area contributed by atoms with Crippen LogP contribution < -0.4 is 15.8 Å². The highest BCUT2D eigenvalue weighted by molar-refractivity contribution is 5.83. The Morgan fingerprint density at radius 1 is 1.03 bits per heavy atom. The number of alkyl halides is 6. The van der Waals surface area contributed by atoms with Crippen LogP contribution >= 0.6 is 0 Å². The van der Waals surface area contributed by atoms with Crippen molar-refractivity contribution in [1.29, 1.82) is 0 Å². The van der Waals surface area contributed by atoms with Gasteiger partial charge in [0.25, 0.3) is 11.5 Å². The molecule has 2 saturated heterocycles. The fourth-order valence-corrected chi connectivity index (χ4v) is 4.58. The molecule has 2 atom stereocenters. The lowest BCUT2D eigenvalue weighted by atomic mass is 10.0. The molecule has 17 heteroatoms. The van der Waals surface area contributed by atoms with Crippen molar-refractivity contribution in [2.24, 2.45) is 0 Å². The van der Waals surface area contributed by atoms with E-state index < -0.39 is 53.5 Å². The summed E-state index contributed by atoms with van der Waals surface area (Å²) in [5.74, 6) is -0.132. The zero-order valence-corrected chi connectivity index (χ0v) is 20.3. The molecule has 0 bridgehead atoms. The Bertz CT molecular complexity index is 1200. The summed E-state index contributed by atoms with van der Waals surface area (Å²) in [6, 6.07) is -1.19. The molecule has 214 valence electrons. The van der Waals surface area contributed by atoms with E-state index in [-0.39, 0.29) is 24.5 Å². The number of piperidine rings is 1. The molecule has 11 nitrogen and oxygen atoms in total. The number of aromatic nitrogens is 4. The molecule has 0 radical (unpaired) electrons. The van der Waals surface area contributed by atoms with Crippen LogP contribution in [0.2, 0.25) is 0 Å². The van der Waals surface area contributed by atoms with Gasteiger partial charge in [-0.2, -0.15) is 31.4 Å². The quantitative estimate of drug-likeness (QED) is 0.408. The number of anilines is 2. The van der Waals surface area contributed by atoms with Gasteiger partial charge < -0.3 is 25.0 Å². The zero-order chi connectivity index (χ0) is 28.4. The Hall–Kier alpha value is -3.47. The van der Waals surface area contributed by atoms with Gasteiger partial charge in [0, 0.05) is 44.5 Å². The number of H-pyrrole nitrogens is 1. The lowest BCUT2D eigenvalue weighted by Gasteiger charge is -2.36. The van der Waals surface area contributed by atoms with Crippen LogP contribution in [0.15, 0.2) is 23.4 Å². The van der Waals surface area contributed by atoms with E-state index in [2.05, 4.69) is 20.4 Å². The lowest BCUT2D eigenvalue weighted by Crippen LogP contribution is -2.47. The number of aliphatic hydroxyl groups excluding tert-OH is 1. The van der Waals surface area contributed by atoms with E-state index in [1.54, 1.807) is 14.9 Å². The first-order valence-corrected chi connectivity index (χ1v) is 12.0. The van der Waals surface area contributed by atoms with Gasteiger partial charge in [0.1, 0.15) is 11.7 Å². The Morgan fingerprint density at radius 2 is 1.69 bits per heavy atom. The molecule has 0 aromatic carbocycles. The number of ether oxygens (including phenoxy) is 1. The van der Waals surface area contributed by atoms with Crippen LogP contribution in [0.4, 0.5) is 38.0 Å². The van der Waals surface area contributed by atoms with Crippen molar-refractivity contribution < 1.29 is 41.0 Å². The number of aromatic amines is 1. The van der Waals surface area contributed by atoms with E-state index >= 15 is 0 Å². The fraction of sp³-hybridized carbons (Fsp3) is 0.591. The molecule has 39 heavy (non-hydrogen) atoms. The molecule has 3 N–H and O–H groups in total. The van der Waals surface area contributed by atoms with Gasteiger partial charge in [0.2, 0.25) is 5.95 Å². The number of rotatable bonds is 8. The standard InChI is InChI=1S/C22H25F6N7O4/c23-21(24,25)12-7-29-20(30-8-12)34-4-1-14(2-5-34)35-6-3-16(19(35)38)39-11-13(10-36)32-15-9-31-33-18(37)17(15)22(26,27)28/h7-9,13-14,16,36H,1-6,10-11H2,(H2,32,33,37)/t13?,16-/m1/s1. The minimum Gasteiger partial charge on any atom is -0.394 e. The van der Waals surface area contributed by atoms with Gasteiger partial charge in [-0.3, -0.25) is 9.59 Å². The van der Waals surface area contributed by atoms with Crippen molar-refractivity contribution in [3.8, 4) is 0 Å². The largest absolute Gasteiger partial charge is 0.423 e. The summed E-state index contributed by atoms with van der Waals surface area (Å²) in [4.78, 5) is 35.6. The van der Waals surface area contributed by atoms with Crippen LogP contribution in [0.3, 0.4) is 0 Å². The minimum absolute atomic E-state index is 0.139. The van der Waals surface area contributed by atoms with E-state index in [0.717, 1.165) is 18.6 Å². The Morgan fingerprint density at radius 3 is 2.28 bits per heavy atom. The number of nitrogens with zero attached hydrogens (tertiary/aromatic N) is 5. The van der Waals surface area contributed by atoms with Crippen molar-refractivity contribution >= 4 is 17.5 Å². The normalized spacial score (nSPS) is 20.0. The van der Waals surface area contributed by atoms with E-state index in [1.165, 1.54) is 0 Å². The highest BCUT2D eigenvalue weighted by Crippen LogP contribution is 2.32. The van der Waals surface area contributed by atoms with Crippen LogP contribution in [-0.2, 0) is 21.9 Å². The summed E-state index contributed by atoms with van der Waals surface area (Å²) in [5.41, 5.74) is -4.50. The third kappa shape index (κ3) is 6.58. The monoisotopic (exact) mass is 565 g/mol. The maximum atomic E-state index is 13.3. The topological polar surface area (TPSA) is 137 Å². The number of hydrogen-bond donors (Lipinski definition) is 3. The van der Waals surface area contributed by atoms with Crippen LogP contribution in [-0.4, -0.2) is 87.1 Å². The highest BCUT2D eigenvalue weighted by atomic mass is 19.4. The Labute approximate surface area is 217 Å². The smallest absolute Gasteiger partial charge is 0.394 e. The van der Waals surface area contributed by atoms with Gasteiger partial charge in [0.05, 0.1) is 36.7 Å². The first-order valence-electron chi connectivity index (χ1n) is 12.0. The highest BCUT2D eigenvalue weighted by Gasteiger charge is 2.40. The maximum Gasteiger partial charge on any atom is 0.423 e. The summed E-state index contributed by atoms with van der Waals surface area (Å²) in [6.07, 6.45) is -6.74. The van der Waals surface area contributed by atoms with Gasteiger partial charge in [-0.1, -0.05) is 0 Å². The van der Waals surface area contributed by atoms with Crippen molar-refractivity contribution in [3.05, 3.63) is 40.1 Å². The van der Waals surface area contributed by atoms with Crippen LogP contribution in [0.1, 0.15) is 30.4 Å². The second-order valence-electron chi connectivity index (χ2n) is 9.14. The molecule has 1 unspecified atom stereocenters. The number of amides is 1. The molecular weight excluding hydrogens is 540 g/mol. The third-order valence-electron chi connectivity index (χ3n) is 6.56. The molecule has 2 aliphatic heterocycles. The predicted octanol–water partition coefficient (Wildman–Crippen LogP) is 1.66. The molecule has 0 aliphatic carbocycles. The van der Waals surface area contributed by atoms with Crippen LogP contribution in [0, 0.1) is 0 Å². The molecular formula is C22H25F6N7O4. The number of hydrogen-bond acceptors (Lipinski definition) is 9. The molecule has 2 aliphatic rings. The van der Waals surface area contributed by atoms with Crippen LogP contribution in [0.25, 0.3) is 0 Å². The molecule has 2 aromatic rings. The second-order valence-corrected chi connectivity index (χ2v) is 9.14. The number of carbonyl (C=O) groups excluding carboxylic acids is 1. The maximum absolute atomic E-state index is 13.3. The van der Waals surface area contributed by atoms with Gasteiger partial charge in [0.15, 0.2) is 0 Å². The number of nitrogens with one attached hydrogen (secondary N) is 2.